The molecule has 5 heteroatoms. The molecule has 0 spiro atoms. The molecule has 3 rings (SSSR count). The second-order valence-corrected chi connectivity index (χ2v) is 7.05. The molecule has 0 saturated carbocycles. The zero-order valence-electron chi connectivity index (χ0n) is 14.4. The van der Waals surface area contributed by atoms with Gasteiger partial charge in [0.25, 0.3) is 0 Å². The molecule has 4 nitrogen and oxygen atoms in total. The fraction of sp³-hybridized carbons (Fsp3) is 0.421. The number of piperidine rings is 1. The van der Waals surface area contributed by atoms with Crippen LogP contribution in [0, 0.1) is 18.3 Å². The molecule has 1 aromatic carbocycles. The van der Waals surface area contributed by atoms with Gasteiger partial charge in [-0.05, 0) is 39.4 Å². The van der Waals surface area contributed by atoms with E-state index < -0.39 is 0 Å². The number of aryl methyl sites for hydroxylation is 1. The van der Waals surface area contributed by atoms with E-state index in [0.29, 0.717) is 11.6 Å². The molecule has 1 saturated heterocycles. The van der Waals surface area contributed by atoms with Crippen LogP contribution in [0.3, 0.4) is 0 Å². The molecule has 2 aromatic rings. The van der Waals surface area contributed by atoms with Gasteiger partial charge in [-0.25, -0.2) is 9.97 Å². The Morgan fingerprint density at radius 1 is 1.21 bits per heavy atom. The maximum Gasteiger partial charge on any atom is 0.189 e. The van der Waals surface area contributed by atoms with Crippen LogP contribution in [0.1, 0.15) is 37.3 Å². The van der Waals surface area contributed by atoms with Crippen LogP contribution in [-0.4, -0.2) is 28.8 Å². The molecule has 1 aliphatic rings. The summed E-state index contributed by atoms with van der Waals surface area (Å²) in [6.45, 7) is 5.23. The van der Waals surface area contributed by atoms with Gasteiger partial charge in [0, 0.05) is 18.2 Å². The zero-order valence-corrected chi connectivity index (χ0v) is 15.2. The van der Waals surface area contributed by atoms with E-state index in [1.807, 2.05) is 18.4 Å². The molecule has 124 valence electrons. The number of anilines is 1. The Labute approximate surface area is 147 Å². The molecule has 2 heterocycles. The minimum absolute atomic E-state index is 0.404. The molecule has 0 N–H and O–H groups in total. The van der Waals surface area contributed by atoms with Crippen molar-refractivity contribution in [2.24, 2.45) is 0 Å². The summed E-state index contributed by atoms with van der Waals surface area (Å²) < 4.78 is 0. The largest absolute Gasteiger partial charge is 0.353 e. The summed E-state index contributed by atoms with van der Waals surface area (Å²) in [6, 6.07) is 11.0. The molecule has 1 aromatic heterocycles. The van der Waals surface area contributed by atoms with Gasteiger partial charge in [0.15, 0.2) is 11.0 Å². The Hall–Kier alpha value is -2.06. The highest BCUT2D eigenvalue weighted by atomic mass is 32.2. The maximum absolute atomic E-state index is 9.83. The van der Waals surface area contributed by atoms with Crippen LogP contribution in [0.15, 0.2) is 29.4 Å². The van der Waals surface area contributed by atoms with Crippen LogP contribution >= 0.6 is 11.8 Å². The summed E-state index contributed by atoms with van der Waals surface area (Å²) in [5, 5.41) is 10.6. The van der Waals surface area contributed by atoms with Gasteiger partial charge in [-0.3, -0.25) is 0 Å². The van der Waals surface area contributed by atoms with Crippen molar-refractivity contribution >= 4 is 17.6 Å². The Morgan fingerprint density at radius 3 is 2.58 bits per heavy atom. The predicted octanol–water partition coefficient (Wildman–Crippen LogP) is 4.42. The Morgan fingerprint density at radius 2 is 1.96 bits per heavy atom. The van der Waals surface area contributed by atoms with E-state index in [1.54, 1.807) is 0 Å². The number of rotatable bonds is 3. The highest BCUT2D eigenvalue weighted by molar-refractivity contribution is 7.98. The highest BCUT2D eigenvalue weighted by Crippen LogP contribution is 2.33. The lowest BCUT2D eigenvalue weighted by atomic mass is 10.0. The van der Waals surface area contributed by atoms with E-state index in [9.17, 15) is 5.26 Å². The average molecular weight is 338 g/mol. The molecular weight excluding hydrogens is 316 g/mol. The van der Waals surface area contributed by atoms with Crippen molar-refractivity contribution in [3.05, 3.63) is 35.4 Å². The summed E-state index contributed by atoms with van der Waals surface area (Å²) in [7, 11) is 0. The smallest absolute Gasteiger partial charge is 0.189 e. The Balaban J connectivity index is 2.17. The molecular formula is C19H22N4S. The van der Waals surface area contributed by atoms with Crippen molar-refractivity contribution in [2.75, 3.05) is 17.7 Å². The van der Waals surface area contributed by atoms with Gasteiger partial charge in [-0.1, -0.05) is 41.6 Å². The molecule has 0 amide bonds. The molecule has 1 fully saturated rings. The average Bonchev–Trinajstić information content (AvgIpc) is 2.61. The topological polar surface area (TPSA) is 52.8 Å². The van der Waals surface area contributed by atoms with Crippen LogP contribution in [0.25, 0.3) is 11.3 Å². The molecule has 1 aliphatic heterocycles. The first-order valence-corrected chi connectivity index (χ1v) is 9.56. The van der Waals surface area contributed by atoms with Crippen molar-refractivity contribution in [3.63, 3.8) is 0 Å². The molecule has 0 unspecified atom stereocenters. The lowest BCUT2D eigenvalue weighted by Crippen LogP contribution is -2.38. The molecule has 24 heavy (non-hydrogen) atoms. The number of aromatic nitrogens is 2. The Bertz CT molecular complexity index is 764. The van der Waals surface area contributed by atoms with Gasteiger partial charge >= 0.3 is 0 Å². The van der Waals surface area contributed by atoms with Gasteiger partial charge in [0.1, 0.15) is 11.6 Å². The lowest BCUT2D eigenvalue weighted by molar-refractivity contribution is 0.479. The number of hydrogen-bond donors (Lipinski definition) is 0. The van der Waals surface area contributed by atoms with Gasteiger partial charge in [-0.2, -0.15) is 5.26 Å². The summed E-state index contributed by atoms with van der Waals surface area (Å²) in [6.07, 6.45) is 5.51. The third-order valence-electron chi connectivity index (χ3n) is 4.56. The van der Waals surface area contributed by atoms with Crippen LogP contribution in [0.5, 0.6) is 0 Å². The van der Waals surface area contributed by atoms with Crippen molar-refractivity contribution in [2.45, 2.75) is 44.3 Å². The predicted molar refractivity (Wildman–Crippen MR) is 99.4 cm³/mol. The van der Waals surface area contributed by atoms with Crippen LogP contribution in [0.4, 0.5) is 5.82 Å². The van der Waals surface area contributed by atoms with Crippen molar-refractivity contribution < 1.29 is 0 Å². The quantitative estimate of drug-likeness (QED) is 0.612. The van der Waals surface area contributed by atoms with Crippen LogP contribution in [0.2, 0.25) is 0 Å². The van der Waals surface area contributed by atoms with E-state index in [1.165, 1.54) is 23.7 Å². The van der Waals surface area contributed by atoms with Crippen molar-refractivity contribution in [3.8, 4) is 17.3 Å². The molecule has 1 atom stereocenters. The third kappa shape index (κ3) is 3.25. The monoisotopic (exact) mass is 338 g/mol. The number of nitriles is 1. The van der Waals surface area contributed by atoms with Crippen LogP contribution < -0.4 is 4.90 Å². The molecule has 0 bridgehead atoms. The molecule has 0 aliphatic carbocycles. The SMILES string of the molecule is CSc1nc(-c2ccc(C)cc2)c(C#N)c(N2CCCC[C@@H]2C)n1. The first-order chi connectivity index (χ1) is 11.6. The first kappa shape index (κ1) is 16.8. The van der Waals surface area contributed by atoms with Gasteiger partial charge in [0.05, 0.1) is 5.69 Å². The summed E-state index contributed by atoms with van der Waals surface area (Å²) in [5.41, 5.74) is 3.50. The maximum atomic E-state index is 9.83. The zero-order chi connectivity index (χ0) is 17.1. The summed E-state index contributed by atoms with van der Waals surface area (Å²) in [4.78, 5) is 11.6. The minimum Gasteiger partial charge on any atom is -0.353 e. The van der Waals surface area contributed by atoms with E-state index in [0.717, 1.165) is 41.6 Å². The summed E-state index contributed by atoms with van der Waals surface area (Å²) >= 11 is 1.52. The lowest BCUT2D eigenvalue weighted by Gasteiger charge is -2.35. The fourth-order valence-corrected chi connectivity index (χ4v) is 3.52. The normalized spacial score (nSPS) is 17.6. The fourth-order valence-electron chi connectivity index (χ4n) is 3.16. The first-order valence-electron chi connectivity index (χ1n) is 8.34. The van der Waals surface area contributed by atoms with Gasteiger partial charge in [0.2, 0.25) is 0 Å². The third-order valence-corrected chi connectivity index (χ3v) is 5.11. The second kappa shape index (κ2) is 7.23. The van der Waals surface area contributed by atoms with E-state index in [4.69, 9.17) is 4.98 Å². The minimum atomic E-state index is 0.404. The number of thioether (sulfide) groups is 1. The van der Waals surface area contributed by atoms with Crippen LogP contribution in [-0.2, 0) is 0 Å². The standard InChI is InChI=1S/C19H22N4S/c1-13-7-9-15(10-8-13)17-16(12-20)18(22-19(21-17)24-3)23-11-5-4-6-14(23)2/h7-10,14H,4-6,11H2,1-3H3/t14-/m0/s1. The number of benzene rings is 1. The summed E-state index contributed by atoms with van der Waals surface area (Å²) in [5.74, 6) is 0.791. The molecule has 0 radical (unpaired) electrons. The van der Waals surface area contributed by atoms with Crippen molar-refractivity contribution in [1.29, 1.82) is 5.26 Å². The second-order valence-electron chi connectivity index (χ2n) is 6.27. The van der Waals surface area contributed by atoms with Gasteiger partial charge in [-0.15, -0.1) is 0 Å². The number of nitrogens with zero attached hydrogens (tertiary/aromatic N) is 4. The van der Waals surface area contributed by atoms with Crippen molar-refractivity contribution in [1.82, 2.24) is 9.97 Å². The Kier molecular flexibility index (Phi) is 5.06. The number of hydrogen-bond acceptors (Lipinski definition) is 5. The van der Waals surface area contributed by atoms with E-state index >= 15 is 0 Å². The van der Waals surface area contributed by atoms with E-state index in [2.05, 4.69) is 41.9 Å². The highest BCUT2D eigenvalue weighted by Gasteiger charge is 2.25. The van der Waals surface area contributed by atoms with Gasteiger partial charge < -0.3 is 4.90 Å². The van der Waals surface area contributed by atoms with E-state index in [-0.39, 0.29) is 0 Å².